The first-order valence-electron chi connectivity index (χ1n) is 7.88. The highest BCUT2D eigenvalue weighted by molar-refractivity contribution is 5.74. The van der Waals surface area contributed by atoms with E-state index in [-0.39, 0.29) is 6.04 Å². The summed E-state index contributed by atoms with van der Waals surface area (Å²) in [6, 6.07) is 2.13. The summed E-state index contributed by atoms with van der Waals surface area (Å²) in [5, 5.41) is 13.9. The van der Waals surface area contributed by atoms with Gasteiger partial charge >= 0.3 is 0 Å². The van der Waals surface area contributed by atoms with Gasteiger partial charge in [-0.15, -0.1) is 0 Å². The second kappa shape index (κ2) is 5.22. The van der Waals surface area contributed by atoms with Crippen LogP contribution in [0, 0.1) is 13.8 Å². The zero-order valence-electron chi connectivity index (χ0n) is 13.0. The number of fused-ring (bicyclic) bond motifs is 3. The summed E-state index contributed by atoms with van der Waals surface area (Å²) in [4.78, 5) is 7.03. The normalized spacial score (nSPS) is 26.0. The van der Waals surface area contributed by atoms with Crippen LogP contribution in [-0.2, 0) is 4.74 Å². The van der Waals surface area contributed by atoms with Gasteiger partial charge in [0, 0.05) is 37.1 Å². The minimum Gasteiger partial charge on any atom is -0.389 e. The summed E-state index contributed by atoms with van der Waals surface area (Å²) in [5.41, 5.74) is 5.36. The lowest BCUT2D eigenvalue weighted by atomic mass is 9.94. The van der Waals surface area contributed by atoms with E-state index >= 15 is 0 Å². The van der Waals surface area contributed by atoms with Crippen LogP contribution in [0.4, 0.5) is 5.69 Å². The SMILES string of the molecule is Cc1nc2c3c(ccn2c1C)[C@@H](N1CCOCC1)[C@@H](O)CN3. The first-order valence-corrected chi connectivity index (χ1v) is 7.88. The van der Waals surface area contributed by atoms with Crippen LogP contribution < -0.4 is 5.32 Å². The molecule has 0 radical (unpaired) electrons. The lowest BCUT2D eigenvalue weighted by Gasteiger charge is -2.41. The van der Waals surface area contributed by atoms with Crippen molar-refractivity contribution < 1.29 is 9.84 Å². The zero-order valence-corrected chi connectivity index (χ0v) is 13.0. The number of anilines is 1. The molecular weight excluding hydrogens is 280 g/mol. The van der Waals surface area contributed by atoms with Crippen molar-refractivity contribution in [3.05, 3.63) is 29.2 Å². The Hall–Kier alpha value is -1.63. The molecule has 118 valence electrons. The Morgan fingerprint density at radius 3 is 2.86 bits per heavy atom. The number of aromatic nitrogens is 2. The Morgan fingerprint density at radius 1 is 1.32 bits per heavy atom. The van der Waals surface area contributed by atoms with Crippen LogP contribution in [0.15, 0.2) is 12.3 Å². The Balaban J connectivity index is 1.83. The van der Waals surface area contributed by atoms with Crippen LogP contribution in [0.2, 0.25) is 0 Å². The van der Waals surface area contributed by atoms with Gasteiger partial charge in [-0.3, -0.25) is 4.90 Å². The molecule has 2 aliphatic heterocycles. The molecule has 2 aromatic rings. The number of aliphatic hydroxyl groups excluding tert-OH is 1. The van der Waals surface area contributed by atoms with Crippen LogP contribution in [0.3, 0.4) is 0 Å². The minimum atomic E-state index is -0.412. The lowest BCUT2D eigenvalue weighted by molar-refractivity contribution is -0.0209. The highest BCUT2D eigenvalue weighted by Gasteiger charge is 2.35. The van der Waals surface area contributed by atoms with E-state index < -0.39 is 6.10 Å². The van der Waals surface area contributed by atoms with Gasteiger partial charge in [0.25, 0.3) is 0 Å². The van der Waals surface area contributed by atoms with Crippen molar-refractivity contribution in [3.63, 3.8) is 0 Å². The number of rotatable bonds is 1. The average molecular weight is 302 g/mol. The molecule has 1 fully saturated rings. The molecule has 2 atom stereocenters. The topological polar surface area (TPSA) is 62.0 Å². The second-order valence-corrected chi connectivity index (χ2v) is 6.16. The highest BCUT2D eigenvalue weighted by atomic mass is 16.5. The summed E-state index contributed by atoms with van der Waals surface area (Å²) in [5.74, 6) is 0. The number of aryl methyl sites for hydroxylation is 2. The molecule has 0 bridgehead atoms. The first-order chi connectivity index (χ1) is 10.7. The number of β-amino-alcohol motifs (C(OH)–C–C–N with tert-alkyl or cyclic N) is 1. The van der Waals surface area contributed by atoms with Gasteiger partial charge in [-0.25, -0.2) is 4.98 Å². The maximum atomic E-state index is 10.5. The predicted octanol–water partition coefficient (Wildman–Crippen LogP) is 1.11. The number of hydrogen-bond acceptors (Lipinski definition) is 5. The molecule has 2 aliphatic rings. The van der Waals surface area contributed by atoms with Crippen molar-refractivity contribution >= 4 is 11.3 Å². The number of aliphatic hydroxyl groups is 1. The van der Waals surface area contributed by atoms with Gasteiger partial charge in [0.1, 0.15) is 0 Å². The fourth-order valence-corrected chi connectivity index (χ4v) is 3.60. The van der Waals surface area contributed by atoms with Crippen LogP contribution in [-0.4, -0.2) is 58.3 Å². The smallest absolute Gasteiger partial charge is 0.161 e. The van der Waals surface area contributed by atoms with Crippen molar-refractivity contribution in [3.8, 4) is 0 Å². The molecule has 0 amide bonds. The van der Waals surface area contributed by atoms with Gasteiger partial charge in [-0.2, -0.15) is 0 Å². The van der Waals surface area contributed by atoms with Crippen LogP contribution >= 0.6 is 0 Å². The number of ether oxygens (including phenoxy) is 1. The average Bonchev–Trinajstić information content (AvgIpc) is 2.83. The van der Waals surface area contributed by atoms with E-state index in [0.717, 1.165) is 54.6 Å². The summed E-state index contributed by atoms with van der Waals surface area (Å²) >= 11 is 0. The number of nitrogens with one attached hydrogen (secondary N) is 1. The fourth-order valence-electron chi connectivity index (χ4n) is 3.60. The van der Waals surface area contributed by atoms with E-state index in [0.29, 0.717) is 6.54 Å². The first kappa shape index (κ1) is 14.0. The third-order valence-corrected chi connectivity index (χ3v) is 4.91. The summed E-state index contributed by atoms with van der Waals surface area (Å²) < 4.78 is 7.57. The third kappa shape index (κ3) is 2.02. The molecule has 4 heterocycles. The monoisotopic (exact) mass is 302 g/mol. The molecule has 1 saturated heterocycles. The Kier molecular flexibility index (Phi) is 3.32. The van der Waals surface area contributed by atoms with Gasteiger partial charge in [0.05, 0.1) is 36.7 Å². The summed E-state index contributed by atoms with van der Waals surface area (Å²) in [6.45, 7) is 7.85. The van der Waals surface area contributed by atoms with E-state index in [9.17, 15) is 5.11 Å². The molecule has 0 aliphatic carbocycles. The molecule has 2 aromatic heterocycles. The fraction of sp³-hybridized carbons (Fsp3) is 0.562. The quantitative estimate of drug-likeness (QED) is 0.826. The highest BCUT2D eigenvalue weighted by Crippen LogP contribution is 2.37. The summed E-state index contributed by atoms with van der Waals surface area (Å²) in [6.07, 6.45) is 1.65. The third-order valence-electron chi connectivity index (χ3n) is 4.91. The van der Waals surface area contributed by atoms with Crippen LogP contribution in [0.5, 0.6) is 0 Å². The van der Waals surface area contributed by atoms with Crippen molar-refractivity contribution in [1.29, 1.82) is 0 Å². The number of hydrogen-bond donors (Lipinski definition) is 2. The van der Waals surface area contributed by atoms with E-state index in [1.807, 2.05) is 6.92 Å². The maximum absolute atomic E-state index is 10.5. The van der Waals surface area contributed by atoms with Gasteiger partial charge in [-0.05, 0) is 19.9 Å². The van der Waals surface area contributed by atoms with Gasteiger partial charge in [0.15, 0.2) is 5.65 Å². The molecule has 6 heteroatoms. The molecule has 0 saturated carbocycles. The minimum absolute atomic E-state index is 0.0162. The van der Waals surface area contributed by atoms with Gasteiger partial charge in [-0.1, -0.05) is 0 Å². The largest absolute Gasteiger partial charge is 0.389 e. The van der Waals surface area contributed by atoms with E-state index in [2.05, 4.69) is 33.8 Å². The number of morpholine rings is 1. The Labute approximate surface area is 129 Å². The van der Waals surface area contributed by atoms with E-state index in [1.165, 1.54) is 0 Å². The van der Waals surface area contributed by atoms with Gasteiger partial charge in [0.2, 0.25) is 0 Å². The van der Waals surface area contributed by atoms with Gasteiger partial charge < -0.3 is 19.6 Å². The summed E-state index contributed by atoms with van der Waals surface area (Å²) in [7, 11) is 0. The molecule has 0 unspecified atom stereocenters. The standard InChI is InChI=1S/C16H22N4O2/c1-10-11(2)20-4-3-12-14(16(20)18-10)17-9-13(21)15(12)19-5-7-22-8-6-19/h3-4,13,15,17,21H,5-9H2,1-2H3/t13-,15+/m0/s1. The number of pyridine rings is 1. The van der Waals surface area contributed by atoms with E-state index in [4.69, 9.17) is 9.72 Å². The molecular formula is C16H22N4O2. The molecule has 4 rings (SSSR count). The Bertz CT molecular complexity index is 706. The van der Waals surface area contributed by atoms with E-state index in [1.54, 1.807) is 0 Å². The molecule has 2 N–H and O–H groups in total. The van der Waals surface area contributed by atoms with Crippen molar-refractivity contribution in [1.82, 2.24) is 14.3 Å². The van der Waals surface area contributed by atoms with Crippen molar-refractivity contribution in [2.45, 2.75) is 26.0 Å². The maximum Gasteiger partial charge on any atom is 0.161 e. The predicted molar refractivity (Wildman–Crippen MR) is 84.3 cm³/mol. The Morgan fingerprint density at radius 2 is 2.09 bits per heavy atom. The number of imidazole rings is 1. The van der Waals surface area contributed by atoms with Crippen molar-refractivity contribution in [2.75, 3.05) is 38.2 Å². The molecule has 0 spiro atoms. The molecule has 0 aromatic carbocycles. The molecule has 22 heavy (non-hydrogen) atoms. The zero-order chi connectivity index (χ0) is 15.3. The van der Waals surface area contributed by atoms with Crippen molar-refractivity contribution in [2.24, 2.45) is 0 Å². The molecule has 6 nitrogen and oxygen atoms in total. The number of nitrogens with zero attached hydrogens (tertiary/aromatic N) is 3. The van der Waals surface area contributed by atoms with Crippen LogP contribution in [0.25, 0.3) is 5.65 Å². The lowest BCUT2D eigenvalue weighted by Crippen LogP contribution is -2.47. The second-order valence-electron chi connectivity index (χ2n) is 6.16. The van der Waals surface area contributed by atoms with Crippen LogP contribution in [0.1, 0.15) is 23.0 Å².